The van der Waals surface area contributed by atoms with Crippen LogP contribution < -0.4 is 10.7 Å². The molecule has 1 rings (SSSR count). The molecule has 2 nitrogen and oxygen atoms in total. The lowest BCUT2D eigenvalue weighted by Gasteiger charge is -1.98. The molecule has 0 amide bonds. The van der Waals surface area contributed by atoms with Crippen molar-refractivity contribution in [3.8, 4) is 5.75 Å². The Kier molecular flexibility index (Phi) is 2.09. The van der Waals surface area contributed by atoms with E-state index < -0.39 is 5.82 Å². The van der Waals surface area contributed by atoms with Crippen LogP contribution in [0.5, 0.6) is 5.75 Å². The molecule has 0 aliphatic heterocycles. The van der Waals surface area contributed by atoms with Gasteiger partial charge in [-0.1, -0.05) is 11.6 Å². The highest BCUT2D eigenvalue weighted by molar-refractivity contribution is 6.30. The molecular weight excluding hydrogens is 157 g/mol. The molecule has 54 valence electrons. The Morgan fingerprint density at radius 2 is 2.20 bits per heavy atom. The van der Waals surface area contributed by atoms with Crippen LogP contribution in [0.3, 0.4) is 0 Å². The molecule has 0 fully saturated rings. The standard InChI is InChI=1S/C6H5ClFNO/c7-4-1-2-6(10-9)5(8)3-4/h1-3H,9H2. The van der Waals surface area contributed by atoms with Gasteiger partial charge in [-0.2, -0.15) is 5.90 Å². The van der Waals surface area contributed by atoms with Crippen molar-refractivity contribution in [2.45, 2.75) is 0 Å². The van der Waals surface area contributed by atoms with Crippen LogP contribution in [0.4, 0.5) is 4.39 Å². The van der Waals surface area contributed by atoms with Gasteiger partial charge in [0.05, 0.1) is 0 Å². The smallest absolute Gasteiger partial charge is 0.182 e. The fourth-order valence-corrected chi connectivity index (χ4v) is 0.730. The van der Waals surface area contributed by atoms with E-state index in [-0.39, 0.29) is 5.75 Å². The fraction of sp³-hybridized carbons (Fsp3) is 0. The highest BCUT2D eigenvalue weighted by Crippen LogP contribution is 2.19. The zero-order valence-electron chi connectivity index (χ0n) is 4.97. The lowest BCUT2D eigenvalue weighted by molar-refractivity contribution is 0.316. The van der Waals surface area contributed by atoms with E-state index in [1.54, 1.807) is 0 Å². The summed E-state index contributed by atoms with van der Waals surface area (Å²) >= 11 is 5.44. The molecule has 1 aromatic rings. The Labute approximate surface area is 62.3 Å². The second-order valence-electron chi connectivity index (χ2n) is 1.69. The van der Waals surface area contributed by atoms with Gasteiger partial charge in [0, 0.05) is 5.02 Å². The molecule has 0 aliphatic carbocycles. The topological polar surface area (TPSA) is 35.2 Å². The van der Waals surface area contributed by atoms with Gasteiger partial charge in [0.1, 0.15) is 0 Å². The number of nitrogens with two attached hydrogens (primary N) is 1. The monoisotopic (exact) mass is 161 g/mol. The van der Waals surface area contributed by atoms with Gasteiger partial charge in [-0.15, -0.1) is 0 Å². The summed E-state index contributed by atoms with van der Waals surface area (Å²) in [5.74, 6) is 4.15. The maximum absolute atomic E-state index is 12.6. The Morgan fingerprint density at radius 1 is 1.50 bits per heavy atom. The van der Waals surface area contributed by atoms with Crippen LogP contribution in [0.1, 0.15) is 0 Å². The van der Waals surface area contributed by atoms with E-state index in [1.165, 1.54) is 12.1 Å². The fourth-order valence-electron chi connectivity index (χ4n) is 0.571. The second kappa shape index (κ2) is 2.86. The van der Waals surface area contributed by atoms with Crippen LogP contribution in [0.2, 0.25) is 5.02 Å². The average molecular weight is 162 g/mol. The quantitative estimate of drug-likeness (QED) is 0.637. The molecule has 0 heterocycles. The molecule has 10 heavy (non-hydrogen) atoms. The van der Waals surface area contributed by atoms with Gasteiger partial charge < -0.3 is 4.84 Å². The summed E-state index contributed by atoms with van der Waals surface area (Å²) in [7, 11) is 0. The van der Waals surface area contributed by atoms with E-state index in [4.69, 9.17) is 17.5 Å². The number of benzene rings is 1. The van der Waals surface area contributed by atoms with E-state index in [0.29, 0.717) is 5.02 Å². The van der Waals surface area contributed by atoms with Gasteiger partial charge in [-0.25, -0.2) is 4.39 Å². The van der Waals surface area contributed by atoms with Crippen LogP contribution in [-0.4, -0.2) is 0 Å². The van der Waals surface area contributed by atoms with E-state index in [1.807, 2.05) is 0 Å². The first-order valence-electron chi connectivity index (χ1n) is 2.56. The second-order valence-corrected chi connectivity index (χ2v) is 2.13. The van der Waals surface area contributed by atoms with Crippen molar-refractivity contribution in [2.24, 2.45) is 5.90 Å². The zero-order chi connectivity index (χ0) is 7.56. The predicted octanol–water partition coefficient (Wildman–Crippen LogP) is 1.73. The molecule has 0 unspecified atom stereocenters. The number of hydrogen-bond acceptors (Lipinski definition) is 2. The zero-order valence-corrected chi connectivity index (χ0v) is 5.73. The first-order valence-corrected chi connectivity index (χ1v) is 2.93. The third-order valence-corrected chi connectivity index (χ3v) is 1.26. The highest BCUT2D eigenvalue weighted by atomic mass is 35.5. The maximum atomic E-state index is 12.6. The van der Waals surface area contributed by atoms with Crippen molar-refractivity contribution < 1.29 is 9.23 Å². The van der Waals surface area contributed by atoms with Gasteiger partial charge in [0.15, 0.2) is 11.6 Å². The molecule has 0 atom stereocenters. The summed E-state index contributed by atoms with van der Waals surface area (Å²) in [6, 6.07) is 3.98. The highest BCUT2D eigenvalue weighted by Gasteiger charge is 2.01. The number of halogens is 2. The maximum Gasteiger partial charge on any atom is 0.182 e. The molecule has 0 aromatic heterocycles. The van der Waals surface area contributed by atoms with Crippen molar-refractivity contribution in [2.75, 3.05) is 0 Å². The Balaban J connectivity index is 3.07. The molecule has 0 spiro atoms. The molecule has 2 N–H and O–H groups in total. The summed E-state index contributed by atoms with van der Waals surface area (Å²) in [6.45, 7) is 0. The van der Waals surface area contributed by atoms with Gasteiger partial charge in [0.25, 0.3) is 0 Å². The summed E-state index contributed by atoms with van der Waals surface area (Å²) in [6.07, 6.45) is 0. The van der Waals surface area contributed by atoms with Gasteiger partial charge >= 0.3 is 0 Å². The first kappa shape index (κ1) is 7.31. The molecule has 0 saturated carbocycles. The predicted molar refractivity (Wildman–Crippen MR) is 36.2 cm³/mol. The summed E-state index contributed by atoms with van der Waals surface area (Å²) in [5, 5.41) is 0.318. The lowest BCUT2D eigenvalue weighted by Crippen LogP contribution is -2.03. The molecule has 1 aromatic carbocycles. The van der Waals surface area contributed by atoms with Crippen molar-refractivity contribution in [3.63, 3.8) is 0 Å². The molecule has 0 saturated heterocycles. The van der Waals surface area contributed by atoms with E-state index in [0.717, 1.165) is 6.07 Å². The number of hydrogen-bond donors (Lipinski definition) is 1. The van der Waals surface area contributed by atoms with E-state index in [2.05, 4.69) is 4.84 Å². The Morgan fingerprint density at radius 3 is 2.70 bits per heavy atom. The number of rotatable bonds is 1. The van der Waals surface area contributed by atoms with Crippen molar-refractivity contribution in [3.05, 3.63) is 29.0 Å². The molecular formula is C6H5ClFNO. The summed E-state index contributed by atoms with van der Waals surface area (Å²) in [4.78, 5) is 4.17. The van der Waals surface area contributed by atoms with Crippen molar-refractivity contribution in [1.82, 2.24) is 0 Å². The molecule has 0 radical (unpaired) electrons. The third-order valence-electron chi connectivity index (χ3n) is 1.02. The minimum atomic E-state index is -0.560. The summed E-state index contributed by atoms with van der Waals surface area (Å²) < 4.78 is 12.6. The minimum Gasteiger partial charge on any atom is -0.408 e. The van der Waals surface area contributed by atoms with Crippen LogP contribution in [0.15, 0.2) is 18.2 Å². The van der Waals surface area contributed by atoms with Gasteiger partial charge in [-0.05, 0) is 18.2 Å². The van der Waals surface area contributed by atoms with Crippen LogP contribution in [0, 0.1) is 5.82 Å². The van der Waals surface area contributed by atoms with Crippen LogP contribution >= 0.6 is 11.6 Å². The van der Waals surface area contributed by atoms with Crippen LogP contribution in [0.25, 0.3) is 0 Å². The van der Waals surface area contributed by atoms with Crippen LogP contribution in [-0.2, 0) is 0 Å². The normalized spacial score (nSPS) is 9.50. The molecule has 0 bridgehead atoms. The Hall–Kier alpha value is -0.800. The van der Waals surface area contributed by atoms with Crippen molar-refractivity contribution in [1.29, 1.82) is 0 Å². The first-order chi connectivity index (χ1) is 4.74. The van der Waals surface area contributed by atoms with Gasteiger partial charge in [0.2, 0.25) is 0 Å². The SMILES string of the molecule is NOc1ccc(Cl)cc1F. The van der Waals surface area contributed by atoms with Gasteiger partial charge in [-0.3, -0.25) is 0 Å². The summed E-state index contributed by atoms with van der Waals surface area (Å²) in [5.41, 5.74) is 0. The van der Waals surface area contributed by atoms with E-state index in [9.17, 15) is 4.39 Å². The van der Waals surface area contributed by atoms with E-state index >= 15 is 0 Å². The third kappa shape index (κ3) is 1.37. The van der Waals surface area contributed by atoms with Crippen molar-refractivity contribution >= 4 is 11.6 Å². The lowest BCUT2D eigenvalue weighted by atomic mass is 10.3. The Bertz CT molecular complexity index is 241. The molecule has 4 heteroatoms. The average Bonchev–Trinajstić information content (AvgIpc) is 1.88. The minimum absolute atomic E-state index is 0.00981. The molecule has 0 aliphatic rings. The largest absolute Gasteiger partial charge is 0.408 e.